The molecule has 1 heterocycles. The molecule has 0 aromatic carbocycles. The van der Waals surface area contributed by atoms with E-state index in [1.807, 2.05) is 0 Å². The van der Waals surface area contributed by atoms with E-state index in [9.17, 15) is 4.79 Å². The van der Waals surface area contributed by atoms with Gasteiger partial charge in [-0.15, -0.1) is 0 Å². The highest BCUT2D eigenvalue weighted by Gasteiger charge is 2.18. The van der Waals surface area contributed by atoms with Crippen LogP contribution in [-0.4, -0.2) is 36.5 Å². The SMILES string of the molecule is C[C@H](OCC1CCCO1)C(=O)O. The number of ether oxygens (including phenoxy) is 2. The fourth-order valence-corrected chi connectivity index (χ4v) is 1.10. The first kappa shape index (κ1) is 9.48. The summed E-state index contributed by atoms with van der Waals surface area (Å²) in [6, 6.07) is 0. The first-order valence-corrected chi connectivity index (χ1v) is 4.16. The van der Waals surface area contributed by atoms with Gasteiger partial charge in [-0.05, 0) is 19.8 Å². The second-order valence-electron chi connectivity index (χ2n) is 2.95. The van der Waals surface area contributed by atoms with Crippen molar-refractivity contribution in [2.75, 3.05) is 13.2 Å². The normalized spacial score (nSPS) is 25.6. The van der Waals surface area contributed by atoms with Crippen LogP contribution in [0.25, 0.3) is 0 Å². The molecule has 70 valence electrons. The van der Waals surface area contributed by atoms with Gasteiger partial charge >= 0.3 is 5.97 Å². The standard InChI is InChI=1S/C8H14O4/c1-6(8(9)10)12-5-7-3-2-4-11-7/h6-7H,2-5H2,1H3,(H,9,10)/t6-,7?/m0/s1. The van der Waals surface area contributed by atoms with Crippen molar-refractivity contribution in [1.29, 1.82) is 0 Å². The van der Waals surface area contributed by atoms with Crippen LogP contribution in [0, 0.1) is 0 Å². The highest BCUT2D eigenvalue weighted by atomic mass is 16.5. The molecule has 12 heavy (non-hydrogen) atoms. The molecule has 1 rings (SSSR count). The van der Waals surface area contributed by atoms with E-state index in [1.165, 1.54) is 6.92 Å². The zero-order valence-electron chi connectivity index (χ0n) is 7.16. The maximum atomic E-state index is 10.3. The van der Waals surface area contributed by atoms with E-state index in [1.54, 1.807) is 0 Å². The van der Waals surface area contributed by atoms with E-state index < -0.39 is 12.1 Å². The van der Waals surface area contributed by atoms with Crippen LogP contribution in [0.2, 0.25) is 0 Å². The molecule has 0 saturated carbocycles. The van der Waals surface area contributed by atoms with Gasteiger partial charge in [-0.25, -0.2) is 4.79 Å². The highest BCUT2D eigenvalue weighted by molar-refractivity contribution is 5.71. The molecule has 0 radical (unpaired) electrons. The number of carboxylic acid groups (broad SMARTS) is 1. The molecule has 1 saturated heterocycles. The van der Waals surface area contributed by atoms with Crippen molar-refractivity contribution >= 4 is 5.97 Å². The lowest BCUT2D eigenvalue weighted by Gasteiger charge is -2.12. The maximum Gasteiger partial charge on any atom is 0.332 e. The second kappa shape index (κ2) is 4.42. The van der Waals surface area contributed by atoms with Crippen LogP contribution in [0.1, 0.15) is 19.8 Å². The summed E-state index contributed by atoms with van der Waals surface area (Å²) in [5, 5.41) is 8.49. The first-order chi connectivity index (χ1) is 5.70. The summed E-state index contributed by atoms with van der Waals surface area (Å²) in [5.74, 6) is -0.923. The van der Waals surface area contributed by atoms with Crippen molar-refractivity contribution in [2.24, 2.45) is 0 Å². The van der Waals surface area contributed by atoms with Gasteiger partial charge in [0.25, 0.3) is 0 Å². The van der Waals surface area contributed by atoms with Crippen molar-refractivity contribution in [3.8, 4) is 0 Å². The van der Waals surface area contributed by atoms with Gasteiger partial charge in [-0.1, -0.05) is 0 Å². The molecule has 1 aliphatic heterocycles. The number of carbonyl (C=O) groups is 1. The van der Waals surface area contributed by atoms with Gasteiger partial charge in [0.05, 0.1) is 12.7 Å². The molecule has 0 aromatic rings. The molecule has 2 atom stereocenters. The van der Waals surface area contributed by atoms with Gasteiger partial charge in [0.15, 0.2) is 6.10 Å². The number of carboxylic acids is 1. The fourth-order valence-electron chi connectivity index (χ4n) is 1.10. The van der Waals surface area contributed by atoms with Crippen LogP contribution in [-0.2, 0) is 14.3 Å². The lowest BCUT2D eigenvalue weighted by Crippen LogP contribution is -2.25. The lowest BCUT2D eigenvalue weighted by atomic mass is 10.2. The van der Waals surface area contributed by atoms with E-state index >= 15 is 0 Å². The van der Waals surface area contributed by atoms with Gasteiger partial charge in [0.1, 0.15) is 0 Å². The van der Waals surface area contributed by atoms with Crippen molar-refractivity contribution in [3.05, 3.63) is 0 Å². The highest BCUT2D eigenvalue weighted by Crippen LogP contribution is 2.12. The third-order valence-corrected chi connectivity index (χ3v) is 1.90. The molecule has 1 N–H and O–H groups in total. The van der Waals surface area contributed by atoms with Crippen LogP contribution in [0.15, 0.2) is 0 Å². The molecular formula is C8H14O4. The summed E-state index contributed by atoms with van der Waals surface area (Å²) in [4.78, 5) is 10.3. The van der Waals surface area contributed by atoms with E-state index in [0.717, 1.165) is 19.4 Å². The molecule has 4 heteroatoms. The van der Waals surface area contributed by atoms with Crippen LogP contribution in [0.3, 0.4) is 0 Å². The Labute approximate surface area is 71.5 Å². The summed E-state index contributed by atoms with van der Waals surface area (Å²) < 4.78 is 10.3. The van der Waals surface area contributed by atoms with Crippen LogP contribution >= 0.6 is 0 Å². The van der Waals surface area contributed by atoms with Gasteiger partial charge in [-0.3, -0.25) is 0 Å². The Balaban J connectivity index is 2.11. The maximum absolute atomic E-state index is 10.3. The Morgan fingerprint density at radius 3 is 3.08 bits per heavy atom. The van der Waals surface area contributed by atoms with Crippen LogP contribution in [0.5, 0.6) is 0 Å². The Morgan fingerprint density at radius 2 is 2.58 bits per heavy atom. The van der Waals surface area contributed by atoms with Gasteiger partial charge in [-0.2, -0.15) is 0 Å². The Morgan fingerprint density at radius 1 is 1.83 bits per heavy atom. The lowest BCUT2D eigenvalue weighted by molar-refractivity contribution is -0.150. The second-order valence-corrected chi connectivity index (χ2v) is 2.95. The largest absolute Gasteiger partial charge is 0.479 e. The molecule has 0 bridgehead atoms. The molecule has 4 nitrogen and oxygen atoms in total. The smallest absolute Gasteiger partial charge is 0.332 e. The zero-order chi connectivity index (χ0) is 8.97. The summed E-state index contributed by atoms with van der Waals surface area (Å²) in [7, 11) is 0. The molecule has 0 aliphatic carbocycles. The van der Waals surface area contributed by atoms with Crippen molar-refractivity contribution in [2.45, 2.75) is 32.0 Å². The third-order valence-electron chi connectivity index (χ3n) is 1.90. The number of aliphatic carboxylic acids is 1. The number of hydrogen-bond donors (Lipinski definition) is 1. The first-order valence-electron chi connectivity index (χ1n) is 4.16. The summed E-state index contributed by atoms with van der Waals surface area (Å²) in [6.45, 7) is 2.69. The third kappa shape index (κ3) is 2.79. The zero-order valence-corrected chi connectivity index (χ0v) is 7.16. The molecule has 0 aromatic heterocycles. The van der Waals surface area contributed by atoms with E-state index in [4.69, 9.17) is 14.6 Å². The van der Waals surface area contributed by atoms with E-state index in [2.05, 4.69) is 0 Å². The molecule has 0 spiro atoms. The quantitative estimate of drug-likeness (QED) is 0.680. The molecule has 1 unspecified atom stereocenters. The van der Waals surface area contributed by atoms with Gasteiger partial charge < -0.3 is 14.6 Å². The summed E-state index contributed by atoms with van der Waals surface area (Å²) in [6.07, 6.45) is 1.41. The average molecular weight is 174 g/mol. The Kier molecular flexibility index (Phi) is 3.49. The topological polar surface area (TPSA) is 55.8 Å². The van der Waals surface area contributed by atoms with Crippen LogP contribution in [0.4, 0.5) is 0 Å². The predicted octanol–water partition coefficient (Wildman–Crippen LogP) is 0.655. The van der Waals surface area contributed by atoms with E-state index in [-0.39, 0.29) is 6.10 Å². The molecule has 1 aliphatic rings. The average Bonchev–Trinajstić information content (AvgIpc) is 2.51. The van der Waals surface area contributed by atoms with Crippen molar-refractivity contribution < 1.29 is 19.4 Å². The van der Waals surface area contributed by atoms with Crippen molar-refractivity contribution in [1.82, 2.24) is 0 Å². The summed E-state index contributed by atoms with van der Waals surface area (Å²) in [5.41, 5.74) is 0. The number of rotatable bonds is 4. The molecule has 1 fully saturated rings. The van der Waals surface area contributed by atoms with Crippen LogP contribution < -0.4 is 0 Å². The molecular weight excluding hydrogens is 160 g/mol. The van der Waals surface area contributed by atoms with Gasteiger partial charge in [0.2, 0.25) is 0 Å². The fraction of sp³-hybridized carbons (Fsp3) is 0.875. The Hall–Kier alpha value is -0.610. The monoisotopic (exact) mass is 174 g/mol. The number of hydrogen-bond acceptors (Lipinski definition) is 3. The van der Waals surface area contributed by atoms with Gasteiger partial charge in [0, 0.05) is 6.61 Å². The predicted molar refractivity (Wildman–Crippen MR) is 42.0 cm³/mol. The summed E-state index contributed by atoms with van der Waals surface area (Å²) >= 11 is 0. The minimum atomic E-state index is -0.923. The minimum Gasteiger partial charge on any atom is -0.479 e. The molecule has 0 amide bonds. The minimum absolute atomic E-state index is 0.104. The Bertz CT molecular complexity index is 151. The van der Waals surface area contributed by atoms with Crippen molar-refractivity contribution in [3.63, 3.8) is 0 Å². The van der Waals surface area contributed by atoms with E-state index in [0.29, 0.717) is 6.61 Å².